The highest BCUT2D eigenvalue weighted by molar-refractivity contribution is 5.95. The lowest BCUT2D eigenvalue weighted by molar-refractivity contribution is -0.123. The lowest BCUT2D eigenvalue weighted by Gasteiger charge is -2.17. The number of nitrogens with one attached hydrogen (secondary N) is 4. The summed E-state index contributed by atoms with van der Waals surface area (Å²) in [6.45, 7) is 5.66. The summed E-state index contributed by atoms with van der Waals surface area (Å²) in [6, 6.07) is 21.6. The van der Waals surface area contributed by atoms with E-state index in [9.17, 15) is 9.59 Å². The van der Waals surface area contributed by atoms with Crippen molar-refractivity contribution in [1.29, 1.82) is 0 Å². The molecule has 7 nitrogen and oxygen atoms in total. The quantitative estimate of drug-likeness (QED) is 0.289. The van der Waals surface area contributed by atoms with Crippen molar-refractivity contribution < 1.29 is 9.59 Å². The predicted octanol–water partition coefficient (Wildman–Crippen LogP) is 3.29. The molecule has 0 saturated heterocycles. The van der Waals surface area contributed by atoms with Gasteiger partial charge in [-0.15, -0.1) is 0 Å². The van der Waals surface area contributed by atoms with Crippen LogP contribution in [0.3, 0.4) is 0 Å². The molecule has 1 aliphatic heterocycles. The van der Waals surface area contributed by atoms with E-state index in [1.54, 1.807) is 0 Å². The highest BCUT2D eigenvalue weighted by Crippen LogP contribution is 2.25. The number of para-hydroxylation sites is 2. The molecule has 4 bridgehead atoms. The van der Waals surface area contributed by atoms with Crippen LogP contribution in [0.5, 0.6) is 0 Å². The molecule has 4 aromatic rings. The maximum Gasteiger partial charge on any atom is 0.237 e. The van der Waals surface area contributed by atoms with Crippen LogP contribution in [0, 0.1) is 0 Å². The lowest BCUT2D eigenvalue weighted by atomic mass is 10.0. The topological polar surface area (TPSA) is 95.2 Å². The van der Waals surface area contributed by atoms with Gasteiger partial charge >= 0.3 is 0 Å². The van der Waals surface area contributed by atoms with Gasteiger partial charge in [0.05, 0.1) is 23.1 Å². The number of benzene rings is 3. The van der Waals surface area contributed by atoms with Crippen molar-refractivity contribution in [2.75, 3.05) is 0 Å². The fourth-order valence-electron chi connectivity index (χ4n) is 4.54. The second-order valence-electron chi connectivity index (χ2n) is 9.43. The third kappa shape index (κ3) is 5.22. The lowest BCUT2D eigenvalue weighted by Crippen LogP contribution is -2.42. The number of carbonyl (C=O) groups excluding carboxylic acids is 2. The summed E-state index contributed by atoms with van der Waals surface area (Å²) >= 11 is 0. The van der Waals surface area contributed by atoms with Crippen LogP contribution in [-0.2, 0) is 35.8 Å². The summed E-state index contributed by atoms with van der Waals surface area (Å²) in [6.07, 6.45) is 0. The third-order valence-corrected chi connectivity index (χ3v) is 6.75. The number of rotatable bonds is 0. The summed E-state index contributed by atoms with van der Waals surface area (Å²) in [4.78, 5) is 30.7. The molecule has 1 aromatic heterocycles. The summed E-state index contributed by atoms with van der Waals surface area (Å²) in [7, 11) is 0. The Morgan fingerprint density at radius 2 is 1.11 bits per heavy atom. The number of hydrogen-bond donors (Lipinski definition) is 4. The van der Waals surface area contributed by atoms with E-state index in [4.69, 9.17) is 4.98 Å². The second kappa shape index (κ2) is 10.4. The van der Waals surface area contributed by atoms with Crippen molar-refractivity contribution >= 4 is 33.6 Å². The molecule has 1 aliphatic rings. The molecule has 2 atom stereocenters. The van der Waals surface area contributed by atoms with Crippen molar-refractivity contribution in [1.82, 2.24) is 26.3 Å². The molecule has 0 spiro atoms. The first-order chi connectivity index (χ1) is 17.5. The van der Waals surface area contributed by atoms with Crippen molar-refractivity contribution in [3.63, 3.8) is 0 Å². The maximum absolute atomic E-state index is 12.8. The van der Waals surface area contributed by atoms with E-state index < -0.39 is 0 Å². The van der Waals surface area contributed by atoms with Gasteiger partial charge in [0.2, 0.25) is 11.8 Å². The van der Waals surface area contributed by atoms with Gasteiger partial charge in [0, 0.05) is 37.0 Å². The number of amides is 2. The molecule has 0 radical (unpaired) electrons. The average Bonchev–Trinajstić information content (AvgIpc) is 2.90. The third-order valence-electron chi connectivity index (χ3n) is 6.75. The zero-order valence-corrected chi connectivity index (χ0v) is 20.6. The van der Waals surface area contributed by atoms with Crippen molar-refractivity contribution in [2.45, 2.75) is 52.1 Å². The molecule has 2 heterocycles. The summed E-state index contributed by atoms with van der Waals surface area (Å²) in [5.41, 5.74) is 5.78. The molecule has 0 saturated carbocycles. The first-order valence-electron chi connectivity index (χ1n) is 12.4. The minimum absolute atomic E-state index is 0.0581. The summed E-state index contributed by atoms with van der Waals surface area (Å²) in [5.74, 6) is -0.116. The first kappa shape index (κ1) is 23.9. The fourth-order valence-corrected chi connectivity index (χ4v) is 4.54. The number of hydrogen-bond acceptors (Lipinski definition) is 5. The van der Waals surface area contributed by atoms with Crippen molar-refractivity contribution in [3.05, 3.63) is 89.0 Å². The normalized spacial score (nSPS) is 19.8. The minimum Gasteiger partial charge on any atom is -0.351 e. The van der Waals surface area contributed by atoms with Gasteiger partial charge in [0.25, 0.3) is 0 Å². The van der Waals surface area contributed by atoms with Gasteiger partial charge < -0.3 is 21.3 Å². The number of carbonyl (C=O) groups is 2. The molecule has 7 heteroatoms. The average molecular weight is 482 g/mol. The molecule has 2 amide bonds. The van der Waals surface area contributed by atoms with Crippen molar-refractivity contribution in [2.24, 2.45) is 0 Å². The fraction of sp³-hybridized carbons (Fsp3) is 0.276. The molecule has 5 rings (SSSR count). The zero-order valence-electron chi connectivity index (χ0n) is 20.6. The van der Waals surface area contributed by atoms with Gasteiger partial charge in [-0.05, 0) is 42.2 Å². The minimum atomic E-state index is -0.350. The number of pyridine rings is 1. The largest absolute Gasteiger partial charge is 0.351 e. The maximum atomic E-state index is 12.8. The Labute approximate surface area is 210 Å². The van der Waals surface area contributed by atoms with Gasteiger partial charge in [0.15, 0.2) is 0 Å². The van der Waals surface area contributed by atoms with E-state index in [1.165, 1.54) is 0 Å². The van der Waals surface area contributed by atoms with Crippen LogP contribution in [0.2, 0.25) is 0 Å². The Bertz CT molecular complexity index is 1330. The highest BCUT2D eigenvalue weighted by atomic mass is 16.2. The molecular weight excluding hydrogens is 450 g/mol. The molecule has 36 heavy (non-hydrogen) atoms. The Morgan fingerprint density at radius 1 is 0.639 bits per heavy atom. The van der Waals surface area contributed by atoms with Gasteiger partial charge in [-0.2, -0.15) is 0 Å². The standard InChI is InChI=1S/C29H31N5O2/c1-18-28(35)32-16-24-10-4-8-22-13-23-9-5-11-25(27(23)34-26(22)24)17-33-29(36)19(2)31-15-21-7-3-6-20(12-21)14-30-18/h3-13,18-19,30-31H,14-17H2,1-2H3,(H,32,35)(H,33,36)/t18-,19-/m0/s1. The van der Waals surface area contributed by atoms with E-state index in [0.717, 1.165) is 44.1 Å². The van der Waals surface area contributed by atoms with Crippen LogP contribution in [0.1, 0.15) is 36.1 Å². The van der Waals surface area contributed by atoms with Crippen LogP contribution in [0.15, 0.2) is 66.7 Å². The molecule has 3 aromatic carbocycles. The molecule has 0 fully saturated rings. The molecule has 0 unspecified atom stereocenters. The second-order valence-corrected chi connectivity index (χ2v) is 9.43. The predicted molar refractivity (Wildman–Crippen MR) is 142 cm³/mol. The molecule has 4 N–H and O–H groups in total. The number of aromatic nitrogens is 1. The van der Waals surface area contributed by atoms with Gasteiger partial charge in [0.1, 0.15) is 0 Å². The Kier molecular flexibility index (Phi) is 6.93. The molecular formula is C29H31N5O2. The van der Waals surface area contributed by atoms with E-state index in [-0.39, 0.29) is 23.9 Å². The summed E-state index contributed by atoms with van der Waals surface area (Å²) in [5, 5.41) is 14.8. The molecule has 184 valence electrons. The van der Waals surface area contributed by atoms with Crippen LogP contribution in [0.4, 0.5) is 0 Å². The van der Waals surface area contributed by atoms with Crippen LogP contribution < -0.4 is 21.3 Å². The highest BCUT2D eigenvalue weighted by Gasteiger charge is 2.16. The van der Waals surface area contributed by atoms with Gasteiger partial charge in [-0.1, -0.05) is 60.7 Å². The van der Waals surface area contributed by atoms with Crippen LogP contribution >= 0.6 is 0 Å². The monoisotopic (exact) mass is 481 g/mol. The smallest absolute Gasteiger partial charge is 0.237 e. The van der Waals surface area contributed by atoms with E-state index in [0.29, 0.717) is 26.2 Å². The Balaban J connectivity index is 1.49. The van der Waals surface area contributed by atoms with E-state index in [1.807, 2.05) is 68.4 Å². The van der Waals surface area contributed by atoms with E-state index >= 15 is 0 Å². The Morgan fingerprint density at radius 3 is 1.61 bits per heavy atom. The first-order valence-corrected chi connectivity index (χ1v) is 12.4. The van der Waals surface area contributed by atoms with Crippen LogP contribution in [0.25, 0.3) is 21.8 Å². The number of fused-ring (bicyclic) bond motifs is 2. The SMILES string of the molecule is C[C@@H]1NCc2cccc(c2)CN[C@@H](C)C(=O)NCc2cccc3cc4cccc(c4nc23)CNC1=O. The van der Waals surface area contributed by atoms with Crippen LogP contribution in [-0.4, -0.2) is 28.9 Å². The Hall–Kier alpha value is -3.81. The number of nitrogens with zero attached hydrogens (tertiary/aromatic N) is 1. The van der Waals surface area contributed by atoms with Gasteiger partial charge in [-0.25, -0.2) is 4.98 Å². The van der Waals surface area contributed by atoms with Crippen molar-refractivity contribution in [3.8, 4) is 0 Å². The van der Waals surface area contributed by atoms with E-state index in [2.05, 4.69) is 33.4 Å². The van der Waals surface area contributed by atoms with Gasteiger partial charge in [-0.3, -0.25) is 9.59 Å². The zero-order chi connectivity index (χ0) is 25.1. The molecule has 0 aliphatic carbocycles. The summed E-state index contributed by atoms with van der Waals surface area (Å²) < 4.78 is 0.